The first kappa shape index (κ1) is 20.6. The van der Waals surface area contributed by atoms with Crippen molar-refractivity contribution in [2.24, 2.45) is 0 Å². The van der Waals surface area contributed by atoms with E-state index in [0.717, 1.165) is 12.8 Å². The lowest BCUT2D eigenvalue weighted by atomic mass is 9.95. The molecule has 2 fully saturated rings. The van der Waals surface area contributed by atoms with Crippen LogP contribution in [0.2, 0.25) is 0 Å². The van der Waals surface area contributed by atoms with Gasteiger partial charge in [0.1, 0.15) is 4.90 Å². The van der Waals surface area contributed by atoms with E-state index in [0.29, 0.717) is 31.3 Å². The number of thioether (sulfide) groups is 1. The maximum atomic E-state index is 12.6. The largest absolute Gasteiger partial charge is 0.379 e. The van der Waals surface area contributed by atoms with Gasteiger partial charge in [-0.3, -0.25) is 4.79 Å². The summed E-state index contributed by atoms with van der Waals surface area (Å²) in [6.45, 7) is 3.39. The Hall–Kier alpha value is -1.16. The molecule has 1 saturated carbocycles. The number of nitrogens with one attached hydrogen (secondary N) is 1. The quantitative estimate of drug-likeness (QED) is 0.718. The predicted octanol–water partition coefficient (Wildman–Crippen LogP) is 2.03. The number of amides is 1. The second-order valence-electron chi connectivity index (χ2n) is 6.95. The molecule has 9 heteroatoms. The van der Waals surface area contributed by atoms with Crippen LogP contribution in [0.3, 0.4) is 0 Å². The zero-order chi connectivity index (χ0) is 19.3. The van der Waals surface area contributed by atoms with Gasteiger partial charge in [-0.25, -0.2) is 13.4 Å². The summed E-state index contributed by atoms with van der Waals surface area (Å²) in [5.74, 6) is 0.0127. The second-order valence-corrected chi connectivity index (χ2v) is 10.3. The van der Waals surface area contributed by atoms with Gasteiger partial charge in [-0.2, -0.15) is 4.31 Å². The Balaban J connectivity index is 1.57. The lowest BCUT2D eigenvalue weighted by Gasteiger charge is -2.26. The van der Waals surface area contributed by atoms with E-state index in [2.05, 4.69) is 10.3 Å². The fourth-order valence-electron chi connectivity index (χ4n) is 3.33. The summed E-state index contributed by atoms with van der Waals surface area (Å²) in [4.78, 5) is 16.8. The van der Waals surface area contributed by atoms with Gasteiger partial charge in [-0.15, -0.1) is 0 Å². The first-order valence-electron chi connectivity index (χ1n) is 9.48. The summed E-state index contributed by atoms with van der Waals surface area (Å²) >= 11 is 1.34. The Bertz CT molecular complexity index is 727. The maximum absolute atomic E-state index is 12.6. The Kier molecular flexibility index (Phi) is 7.13. The van der Waals surface area contributed by atoms with Crippen LogP contribution < -0.4 is 5.32 Å². The van der Waals surface area contributed by atoms with Gasteiger partial charge in [0.25, 0.3) is 0 Å². The molecule has 0 radical (unpaired) electrons. The average molecular weight is 414 g/mol. The van der Waals surface area contributed by atoms with Crippen LogP contribution in [-0.2, 0) is 19.6 Å². The molecule has 1 aliphatic heterocycles. The van der Waals surface area contributed by atoms with Crippen molar-refractivity contribution in [3.63, 3.8) is 0 Å². The van der Waals surface area contributed by atoms with Crippen molar-refractivity contribution in [2.45, 2.75) is 60.2 Å². The third kappa shape index (κ3) is 5.43. The normalized spacial score (nSPS) is 20.9. The summed E-state index contributed by atoms with van der Waals surface area (Å²) in [7, 11) is -3.54. The zero-order valence-electron chi connectivity index (χ0n) is 15.6. The monoisotopic (exact) mass is 413 g/mol. The highest BCUT2D eigenvalue weighted by Crippen LogP contribution is 2.25. The van der Waals surface area contributed by atoms with Crippen LogP contribution in [0, 0.1) is 0 Å². The molecule has 1 aromatic rings. The molecule has 0 bridgehead atoms. The van der Waals surface area contributed by atoms with Gasteiger partial charge < -0.3 is 10.1 Å². The molecule has 0 spiro atoms. The number of morpholine rings is 1. The number of hydrogen-bond donors (Lipinski definition) is 1. The van der Waals surface area contributed by atoms with E-state index in [4.69, 9.17) is 4.74 Å². The SMILES string of the molecule is C[C@@H](Sc1ccc(S(=O)(=O)N2CCOCC2)cn1)C(=O)NC1CCCCC1. The Labute approximate surface area is 165 Å². The van der Waals surface area contributed by atoms with Crippen LogP contribution in [0.25, 0.3) is 0 Å². The summed E-state index contributed by atoms with van der Waals surface area (Å²) in [6.07, 6.45) is 7.07. The third-order valence-corrected chi connectivity index (χ3v) is 7.87. The van der Waals surface area contributed by atoms with E-state index >= 15 is 0 Å². The predicted molar refractivity (Wildman–Crippen MR) is 104 cm³/mol. The number of sulfonamides is 1. The minimum atomic E-state index is -3.54. The molecule has 0 unspecified atom stereocenters. The minimum absolute atomic E-state index is 0.0127. The lowest BCUT2D eigenvalue weighted by molar-refractivity contribution is -0.121. The Morgan fingerprint density at radius 1 is 1.26 bits per heavy atom. The van der Waals surface area contributed by atoms with E-state index < -0.39 is 10.0 Å². The molecule has 7 nitrogen and oxygen atoms in total. The molecule has 0 aromatic carbocycles. The molecule has 3 rings (SSSR count). The van der Waals surface area contributed by atoms with Gasteiger partial charge in [-0.1, -0.05) is 31.0 Å². The van der Waals surface area contributed by atoms with Crippen LogP contribution in [0.4, 0.5) is 0 Å². The maximum Gasteiger partial charge on any atom is 0.244 e. The van der Waals surface area contributed by atoms with E-state index in [1.807, 2.05) is 6.92 Å². The molecule has 1 saturated heterocycles. The number of carbonyl (C=O) groups is 1. The first-order valence-corrected chi connectivity index (χ1v) is 11.8. The smallest absolute Gasteiger partial charge is 0.244 e. The van der Waals surface area contributed by atoms with Crippen LogP contribution >= 0.6 is 11.8 Å². The number of rotatable bonds is 6. The number of aromatic nitrogens is 1. The van der Waals surface area contributed by atoms with Crippen LogP contribution in [-0.4, -0.2) is 61.2 Å². The molecule has 27 heavy (non-hydrogen) atoms. The molecule has 2 heterocycles. The molecule has 2 aliphatic rings. The topological polar surface area (TPSA) is 88.6 Å². The van der Waals surface area contributed by atoms with Crippen LogP contribution in [0.15, 0.2) is 28.3 Å². The Morgan fingerprint density at radius 2 is 1.96 bits per heavy atom. The first-order chi connectivity index (χ1) is 13.0. The lowest BCUT2D eigenvalue weighted by Crippen LogP contribution is -2.40. The molecular formula is C18H27N3O4S2. The standard InChI is InChI=1S/C18H27N3O4S2/c1-14(18(22)20-15-5-3-2-4-6-15)26-17-8-7-16(13-19-17)27(23,24)21-9-11-25-12-10-21/h7-8,13-15H,2-6,9-12H2,1H3,(H,20,22)/t14-/m1/s1. The van der Waals surface area contributed by atoms with Crippen LogP contribution in [0.1, 0.15) is 39.0 Å². The Morgan fingerprint density at radius 3 is 2.59 bits per heavy atom. The fourth-order valence-corrected chi connectivity index (χ4v) is 5.48. The highest BCUT2D eigenvalue weighted by Gasteiger charge is 2.27. The fraction of sp³-hybridized carbons (Fsp3) is 0.667. The van der Waals surface area contributed by atoms with Crippen molar-refractivity contribution in [2.75, 3.05) is 26.3 Å². The van der Waals surface area contributed by atoms with Gasteiger partial charge in [0.05, 0.1) is 23.5 Å². The molecule has 150 valence electrons. The minimum Gasteiger partial charge on any atom is -0.379 e. The number of ether oxygens (including phenoxy) is 1. The van der Waals surface area contributed by atoms with Crippen molar-refractivity contribution in [3.05, 3.63) is 18.3 Å². The van der Waals surface area contributed by atoms with Crippen molar-refractivity contribution in [1.82, 2.24) is 14.6 Å². The van der Waals surface area contributed by atoms with Crippen molar-refractivity contribution < 1.29 is 17.9 Å². The van der Waals surface area contributed by atoms with E-state index in [-0.39, 0.29) is 22.1 Å². The molecule has 1 aliphatic carbocycles. The van der Waals surface area contributed by atoms with Crippen molar-refractivity contribution in [3.8, 4) is 0 Å². The highest BCUT2D eigenvalue weighted by atomic mass is 32.2. The molecule has 1 atom stereocenters. The summed E-state index contributed by atoms with van der Waals surface area (Å²) in [5, 5.41) is 3.48. The number of hydrogen-bond acceptors (Lipinski definition) is 6. The van der Waals surface area contributed by atoms with Gasteiger partial charge >= 0.3 is 0 Å². The number of pyridine rings is 1. The van der Waals surface area contributed by atoms with E-state index in [1.165, 1.54) is 41.5 Å². The zero-order valence-corrected chi connectivity index (χ0v) is 17.2. The molecular weight excluding hydrogens is 386 g/mol. The third-order valence-electron chi connectivity index (χ3n) is 4.94. The van der Waals surface area contributed by atoms with E-state index in [1.54, 1.807) is 12.1 Å². The van der Waals surface area contributed by atoms with Gasteiger partial charge in [0.2, 0.25) is 15.9 Å². The van der Waals surface area contributed by atoms with Gasteiger partial charge in [0, 0.05) is 25.3 Å². The van der Waals surface area contributed by atoms with Crippen LogP contribution in [0.5, 0.6) is 0 Å². The number of nitrogens with zero attached hydrogens (tertiary/aromatic N) is 2. The summed E-state index contributed by atoms with van der Waals surface area (Å²) in [5.41, 5.74) is 0. The number of carbonyl (C=O) groups excluding carboxylic acids is 1. The van der Waals surface area contributed by atoms with Crippen molar-refractivity contribution >= 4 is 27.7 Å². The second kappa shape index (κ2) is 9.36. The van der Waals surface area contributed by atoms with E-state index in [9.17, 15) is 13.2 Å². The average Bonchev–Trinajstić information content (AvgIpc) is 2.70. The molecule has 1 aromatic heterocycles. The molecule has 1 amide bonds. The summed E-state index contributed by atoms with van der Waals surface area (Å²) in [6, 6.07) is 3.51. The molecule has 1 N–H and O–H groups in total. The van der Waals surface area contributed by atoms with Gasteiger partial charge in [0.15, 0.2) is 0 Å². The van der Waals surface area contributed by atoms with Gasteiger partial charge in [-0.05, 0) is 31.9 Å². The van der Waals surface area contributed by atoms with Crippen molar-refractivity contribution in [1.29, 1.82) is 0 Å². The summed E-state index contributed by atoms with van der Waals surface area (Å²) < 4.78 is 31.8. The highest BCUT2D eigenvalue weighted by molar-refractivity contribution is 8.00.